The van der Waals surface area contributed by atoms with Crippen LogP contribution < -0.4 is 16.6 Å². The van der Waals surface area contributed by atoms with Crippen LogP contribution in [0.2, 0.25) is 0 Å². The van der Waals surface area contributed by atoms with Gasteiger partial charge in [0.2, 0.25) is 0 Å². The Morgan fingerprint density at radius 3 is 2.88 bits per heavy atom. The van der Waals surface area contributed by atoms with Crippen LogP contribution in [0.15, 0.2) is 23.1 Å². The second-order valence-corrected chi connectivity index (χ2v) is 4.44. The molecule has 1 saturated carbocycles. The molecule has 0 bridgehead atoms. The first-order valence-corrected chi connectivity index (χ1v) is 5.92. The maximum atomic E-state index is 11.9. The molecule has 0 aliphatic heterocycles. The van der Waals surface area contributed by atoms with Gasteiger partial charge in [0.25, 0.3) is 11.5 Å². The second kappa shape index (κ2) is 5.14. The normalized spacial score (nSPS) is 24.3. The van der Waals surface area contributed by atoms with E-state index in [9.17, 15) is 9.59 Å². The van der Waals surface area contributed by atoms with Crippen LogP contribution in [-0.2, 0) is 0 Å². The molecular weight excluding hydrogens is 218 g/mol. The Hall–Kier alpha value is -1.62. The number of pyridine rings is 1. The first-order chi connectivity index (χ1) is 8.18. The zero-order chi connectivity index (χ0) is 12.3. The van der Waals surface area contributed by atoms with Gasteiger partial charge in [-0.1, -0.05) is 12.8 Å². The number of aromatic amines is 1. The third-order valence-electron chi connectivity index (χ3n) is 3.20. The number of rotatable bonds is 2. The Kier molecular flexibility index (Phi) is 3.58. The van der Waals surface area contributed by atoms with Crippen molar-refractivity contribution in [3.05, 3.63) is 34.2 Å². The van der Waals surface area contributed by atoms with Crippen molar-refractivity contribution in [2.75, 3.05) is 0 Å². The van der Waals surface area contributed by atoms with Crippen molar-refractivity contribution in [3.63, 3.8) is 0 Å². The number of nitrogens with two attached hydrogens (primary N) is 1. The predicted octanol–water partition coefficient (Wildman–Crippen LogP) is 0.375. The number of carbonyl (C=O) groups excluding carboxylic acids is 1. The van der Waals surface area contributed by atoms with E-state index in [1.807, 2.05) is 0 Å². The summed E-state index contributed by atoms with van der Waals surface area (Å²) in [5.74, 6) is -0.339. The lowest BCUT2D eigenvalue weighted by Crippen LogP contribution is -2.50. The van der Waals surface area contributed by atoms with E-state index in [1.54, 1.807) is 6.07 Å². The zero-order valence-corrected chi connectivity index (χ0v) is 9.61. The molecule has 1 aromatic rings. The summed E-state index contributed by atoms with van der Waals surface area (Å²) in [6.45, 7) is 0. The van der Waals surface area contributed by atoms with Crippen molar-refractivity contribution in [3.8, 4) is 0 Å². The molecule has 1 aliphatic rings. The smallest absolute Gasteiger partial charge is 0.260 e. The average Bonchev–Trinajstić information content (AvgIpc) is 2.32. The van der Waals surface area contributed by atoms with E-state index < -0.39 is 0 Å². The monoisotopic (exact) mass is 235 g/mol. The van der Waals surface area contributed by atoms with Gasteiger partial charge >= 0.3 is 0 Å². The van der Waals surface area contributed by atoms with Gasteiger partial charge in [-0.05, 0) is 25.0 Å². The summed E-state index contributed by atoms with van der Waals surface area (Å²) >= 11 is 0. The number of H-pyrrole nitrogens is 1. The fourth-order valence-electron chi connectivity index (χ4n) is 2.19. The van der Waals surface area contributed by atoms with Crippen molar-refractivity contribution in [1.82, 2.24) is 10.3 Å². The molecule has 5 nitrogen and oxygen atoms in total. The predicted molar refractivity (Wildman–Crippen MR) is 64.8 cm³/mol. The van der Waals surface area contributed by atoms with Crippen molar-refractivity contribution >= 4 is 5.91 Å². The van der Waals surface area contributed by atoms with Crippen molar-refractivity contribution in [2.45, 2.75) is 37.8 Å². The van der Waals surface area contributed by atoms with Crippen molar-refractivity contribution in [1.29, 1.82) is 0 Å². The molecule has 2 rings (SSSR count). The van der Waals surface area contributed by atoms with Crippen LogP contribution in [0.4, 0.5) is 0 Å². The van der Waals surface area contributed by atoms with Crippen molar-refractivity contribution < 1.29 is 4.79 Å². The van der Waals surface area contributed by atoms with Crippen LogP contribution in [0.1, 0.15) is 36.0 Å². The summed E-state index contributed by atoms with van der Waals surface area (Å²) in [6, 6.07) is 3.13. The van der Waals surface area contributed by atoms with E-state index in [2.05, 4.69) is 10.3 Å². The molecule has 0 aromatic carbocycles. The molecule has 1 heterocycles. The molecule has 2 atom stereocenters. The highest BCUT2D eigenvalue weighted by atomic mass is 16.2. The van der Waals surface area contributed by atoms with Crippen LogP contribution in [0.5, 0.6) is 0 Å². The summed E-state index contributed by atoms with van der Waals surface area (Å²) in [5, 5.41) is 2.84. The maximum Gasteiger partial charge on any atom is 0.260 e. The molecule has 0 spiro atoms. The fourth-order valence-corrected chi connectivity index (χ4v) is 2.19. The maximum absolute atomic E-state index is 11.9. The SMILES string of the molecule is NC1CCCCC1NC(=O)c1ccc[nH]c1=O. The molecule has 92 valence electrons. The minimum Gasteiger partial charge on any atom is -0.348 e. The summed E-state index contributed by atoms with van der Waals surface area (Å²) < 4.78 is 0. The number of carbonyl (C=O) groups is 1. The largest absolute Gasteiger partial charge is 0.348 e. The van der Waals surface area contributed by atoms with E-state index in [0.717, 1.165) is 25.7 Å². The summed E-state index contributed by atoms with van der Waals surface area (Å²) in [6.07, 6.45) is 5.50. The Morgan fingerprint density at radius 1 is 1.41 bits per heavy atom. The summed E-state index contributed by atoms with van der Waals surface area (Å²) in [5.41, 5.74) is 5.72. The van der Waals surface area contributed by atoms with Gasteiger partial charge in [-0.15, -0.1) is 0 Å². The molecule has 0 radical (unpaired) electrons. The molecule has 1 aromatic heterocycles. The number of hydrogen-bond acceptors (Lipinski definition) is 3. The summed E-state index contributed by atoms with van der Waals surface area (Å²) in [4.78, 5) is 25.8. The lowest BCUT2D eigenvalue weighted by atomic mass is 9.91. The van der Waals surface area contributed by atoms with Gasteiger partial charge in [0.15, 0.2) is 0 Å². The Labute approximate surface area is 99.4 Å². The standard InChI is InChI=1S/C12H17N3O2/c13-9-5-1-2-6-10(9)15-12(17)8-4-3-7-14-11(8)16/h3-4,7,9-10H,1-2,5-6,13H2,(H,14,16)(H,15,17). The topological polar surface area (TPSA) is 88.0 Å². The molecule has 1 aliphatic carbocycles. The molecule has 2 unspecified atom stereocenters. The van der Waals surface area contributed by atoms with Gasteiger partial charge in [-0.3, -0.25) is 9.59 Å². The Bertz CT molecular complexity index is 455. The third-order valence-corrected chi connectivity index (χ3v) is 3.20. The van der Waals surface area contributed by atoms with Crippen LogP contribution in [0.25, 0.3) is 0 Å². The van der Waals surface area contributed by atoms with Gasteiger partial charge in [-0.2, -0.15) is 0 Å². The minimum absolute atomic E-state index is 0.00417. The van der Waals surface area contributed by atoms with E-state index in [4.69, 9.17) is 5.73 Å². The molecule has 4 N–H and O–H groups in total. The van der Waals surface area contributed by atoms with Gasteiger partial charge in [0.05, 0.1) is 0 Å². The first kappa shape index (κ1) is 11.9. The molecule has 5 heteroatoms. The first-order valence-electron chi connectivity index (χ1n) is 5.92. The molecular formula is C12H17N3O2. The third kappa shape index (κ3) is 2.74. The minimum atomic E-state index is -0.366. The van der Waals surface area contributed by atoms with Gasteiger partial charge in [-0.25, -0.2) is 0 Å². The lowest BCUT2D eigenvalue weighted by molar-refractivity contribution is 0.0919. The number of nitrogens with one attached hydrogen (secondary N) is 2. The average molecular weight is 235 g/mol. The van der Waals surface area contributed by atoms with Crippen LogP contribution in [-0.4, -0.2) is 23.0 Å². The van der Waals surface area contributed by atoms with E-state index >= 15 is 0 Å². The second-order valence-electron chi connectivity index (χ2n) is 4.44. The molecule has 17 heavy (non-hydrogen) atoms. The zero-order valence-electron chi connectivity index (χ0n) is 9.61. The van der Waals surface area contributed by atoms with E-state index in [0.29, 0.717) is 0 Å². The van der Waals surface area contributed by atoms with Crippen molar-refractivity contribution in [2.24, 2.45) is 5.73 Å². The molecule has 0 saturated heterocycles. The number of aromatic nitrogens is 1. The van der Waals surface area contributed by atoms with Crippen LogP contribution in [0, 0.1) is 0 Å². The van der Waals surface area contributed by atoms with E-state index in [-0.39, 0.29) is 29.1 Å². The Balaban J connectivity index is 2.06. The molecule has 1 amide bonds. The number of hydrogen-bond donors (Lipinski definition) is 3. The highest BCUT2D eigenvalue weighted by Crippen LogP contribution is 2.16. The van der Waals surface area contributed by atoms with Gasteiger partial charge in [0.1, 0.15) is 5.56 Å². The van der Waals surface area contributed by atoms with Gasteiger partial charge in [0, 0.05) is 18.3 Å². The molecule has 1 fully saturated rings. The van der Waals surface area contributed by atoms with Gasteiger partial charge < -0.3 is 16.0 Å². The highest BCUT2D eigenvalue weighted by molar-refractivity contribution is 5.93. The Morgan fingerprint density at radius 2 is 2.18 bits per heavy atom. The van der Waals surface area contributed by atoms with Crippen LogP contribution in [0.3, 0.4) is 0 Å². The van der Waals surface area contributed by atoms with E-state index in [1.165, 1.54) is 12.3 Å². The quantitative estimate of drug-likeness (QED) is 0.692. The number of amides is 1. The lowest BCUT2D eigenvalue weighted by Gasteiger charge is -2.29. The van der Waals surface area contributed by atoms with Crippen LogP contribution >= 0.6 is 0 Å². The fraction of sp³-hybridized carbons (Fsp3) is 0.500. The highest BCUT2D eigenvalue weighted by Gasteiger charge is 2.24. The summed E-state index contributed by atoms with van der Waals surface area (Å²) in [7, 11) is 0.